The monoisotopic (exact) mass is 637 g/mol. The van der Waals surface area contributed by atoms with Gasteiger partial charge in [0.15, 0.2) is 0 Å². The molecule has 0 N–H and O–H groups in total. The van der Waals surface area contributed by atoms with E-state index in [9.17, 15) is 0 Å². The van der Waals surface area contributed by atoms with Crippen LogP contribution in [0.25, 0.3) is 11.4 Å². The Morgan fingerprint density at radius 3 is 1.54 bits per heavy atom. The average Bonchev–Trinajstić information content (AvgIpc) is 3.64. The van der Waals surface area contributed by atoms with E-state index < -0.39 is 0 Å². The van der Waals surface area contributed by atoms with E-state index in [4.69, 9.17) is 24.7 Å². The molecule has 4 aliphatic rings. The zero-order valence-corrected chi connectivity index (χ0v) is 27.4. The summed E-state index contributed by atoms with van der Waals surface area (Å²) in [6.07, 6.45) is 3.95. The maximum absolute atomic E-state index is 6.58. The summed E-state index contributed by atoms with van der Waals surface area (Å²) in [5.74, 6) is 4.39. The van der Waals surface area contributed by atoms with E-state index in [1.807, 2.05) is 57.9 Å². The van der Waals surface area contributed by atoms with Gasteiger partial charge in [0.2, 0.25) is 11.8 Å². The lowest BCUT2D eigenvalue weighted by Crippen LogP contribution is -2.46. The Hall–Kier alpha value is -5.31. The third-order valence-electron chi connectivity index (χ3n) is 10.5. The van der Waals surface area contributed by atoms with Crippen molar-refractivity contribution in [1.82, 2.24) is 24.5 Å². The predicted octanol–water partition coefficient (Wildman–Crippen LogP) is 6.36. The molecule has 0 aliphatic carbocycles. The van der Waals surface area contributed by atoms with Gasteiger partial charge in [-0.3, -0.25) is 0 Å². The SMILES string of the molecule is C=CCN1CC2COc3c(c(C)nn3-c3ccccc3)C2c2cc3c(nc21)N(CC=C)CC1COc2c(c(C)nn2-c2ccccc2)C31. The van der Waals surface area contributed by atoms with E-state index in [1.165, 1.54) is 11.1 Å². The van der Waals surface area contributed by atoms with Gasteiger partial charge in [0, 0.05) is 72.1 Å². The van der Waals surface area contributed by atoms with Crippen LogP contribution in [0.4, 0.5) is 11.6 Å². The van der Waals surface area contributed by atoms with Crippen LogP contribution in [0.2, 0.25) is 0 Å². The van der Waals surface area contributed by atoms with E-state index in [1.54, 1.807) is 0 Å². The zero-order valence-electron chi connectivity index (χ0n) is 27.4. The van der Waals surface area contributed by atoms with Crippen LogP contribution in [0.5, 0.6) is 11.8 Å². The van der Waals surface area contributed by atoms with Gasteiger partial charge in [-0.05, 0) is 44.2 Å². The second-order valence-corrected chi connectivity index (χ2v) is 13.4. The van der Waals surface area contributed by atoms with Crippen molar-refractivity contribution >= 4 is 11.6 Å². The topological polar surface area (TPSA) is 73.5 Å². The highest BCUT2D eigenvalue weighted by Gasteiger charge is 2.47. The molecule has 9 nitrogen and oxygen atoms in total. The van der Waals surface area contributed by atoms with Crippen molar-refractivity contribution in [3.05, 3.63) is 126 Å². The third kappa shape index (κ3) is 4.26. The van der Waals surface area contributed by atoms with Gasteiger partial charge in [-0.15, -0.1) is 13.2 Å². The summed E-state index contributed by atoms with van der Waals surface area (Å²) < 4.78 is 17.1. The molecule has 7 heterocycles. The number of hydrogen-bond acceptors (Lipinski definition) is 7. The Balaban J connectivity index is 1.26. The Bertz CT molecular complexity index is 1910. The maximum Gasteiger partial charge on any atom is 0.220 e. The smallest absolute Gasteiger partial charge is 0.220 e. The molecule has 0 bridgehead atoms. The summed E-state index contributed by atoms with van der Waals surface area (Å²) in [5, 5.41) is 10.1. The molecule has 4 aliphatic heterocycles. The standard InChI is InChI=1S/C39H39N7O2/c1-5-17-43-20-26-22-47-38-32(24(3)41-45(38)28-13-9-7-10-14-28)34(26)30-19-31-35-27(21-44(18-6-2)37(31)40-36(30)43)23-48-39-33(35)25(4)42-46(39)29-15-11-8-12-16-29/h5-16,19,26-27,34-35H,1-2,17-18,20-23H2,3-4H3. The number of hydrogen-bond donors (Lipinski definition) is 0. The summed E-state index contributed by atoms with van der Waals surface area (Å²) in [6.45, 7) is 16.7. The number of aromatic nitrogens is 5. The van der Waals surface area contributed by atoms with Gasteiger partial charge in [0.05, 0.1) is 36.0 Å². The first-order valence-corrected chi connectivity index (χ1v) is 16.9. The van der Waals surface area contributed by atoms with Crippen LogP contribution in [-0.4, -0.2) is 63.9 Å². The highest BCUT2D eigenvalue weighted by atomic mass is 16.5. The molecule has 3 aromatic heterocycles. The fourth-order valence-electron chi connectivity index (χ4n) is 8.55. The van der Waals surface area contributed by atoms with Crippen molar-refractivity contribution in [2.24, 2.45) is 11.8 Å². The molecule has 0 fully saturated rings. The largest absolute Gasteiger partial charge is 0.477 e. The van der Waals surface area contributed by atoms with Crippen LogP contribution in [0, 0.1) is 25.7 Å². The van der Waals surface area contributed by atoms with E-state index in [0.717, 1.165) is 70.4 Å². The zero-order chi connectivity index (χ0) is 32.5. The Morgan fingerprint density at radius 2 is 1.12 bits per heavy atom. The number of fused-ring (bicyclic) bond motifs is 10. The van der Waals surface area contributed by atoms with Crippen molar-refractivity contribution in [3.63, 3.8) is 0 Å². The van der Waals surface area contributed by atoms with Crippen LogP contribution >= 0.6 is 0 Å². The normalized spacial score (nSPS) is 21.8. The Morgan fingerprint density at radius 1 is 0.688 bits per heavy atom. The number of ether oxygens (including phenoxy) is 2. The highest BCUT2D eigenvalue weighted by Crippen LogP contribution is 2.54. The number of pyridine rings is 1. The van der Waals surface area contributed by atoms with Crippen molar-refractivity contribution < 1.29 is 9.47 Å². The quantitative estimate of drug-likeness (QED) is 0.201. The van der Waals surface area contributed by atoms with E-state index in [2.05, 4.69) is 67.1 Å². The van der Waals surface area contributed by atoms with Gasteiger partial charge >= 0.3 is 0 Å². The molecule has 2 aromatic carbocycles. The molecule has 0 amide bonds. The molecule has 0 saturated carbocycles. The molecule has 48 heavy (non-hydrogen) atoms. The van der Waals surface area contributed by atoms with Gasteiger partial charge in [-0.1, -0.05) is 48.6 Å². The number of rotatable bonds is 6. The molecule has 4 unspecified atom stereocenters. The van der Waals surface area contributed by atoms with Crippen LogP contribution in [0.1, 0.15) is 45.5 Å². The van der Waals surface area contributed by atoms with Crippen molar-refractivity contribution in [2.45, 2.75) is 25.7 Å². The molecule has 0 spiro atoms. The van der Waals surface area contributed by atoms with E-state index in [0.29, 0.717) is 26.3 Å². The summed E-state index contributed by atoms with van der Waals surface area (Å²) in [5.41, 5.74) is 8.75. The maximum atomic E-state index is 6.58. The van der Waals surface area contributed by atoms with Crippen LogP contribution in [0.3, 0.4) is 0 Å². The molecule has 0 saturated heterocycles. The fraction of sp³-hybridized carbons (Fsp3) is 0.308. The summed E-state index contributed by atoms with van der Waals surface area (Å²) >= 11 is 0. The first-order valence-electron chi connectivity index (χ1n) is 16.9. The predicted molar refractivity (Wildman–Crippen MR) is 187 cm³/mol. The fourth-order valence-corrected chi connectivity index (χ4v) is 8.55. The van der Waals surface area contributed by atoms with Crippen molar-refractivity contribution in [2.75, 3.05) is 49.2 Å². The number of nitrogens with zero attached hydrogens (tertiary/aromatic N) is 7. The minimum atomic E-state index is 0.0979. The molecule has 0 radical (unpaired) electrons. The lowest BCUT2D eigenvalue weighted by molar-refractivity contribution is 0.189. The number of anilines is 2. The average molecular weight is 638 g/mol. The van der Waals surface area contributed by atoms with Crippen molar-refractivity contribution in [1.29, 1.82) is 0 Å². The molecule has 242 valence electrons. The molecular formula is C39H39N7O2. The Kier molecular flexibility index (Phi) is 6.71. The second kappa shape index (κ2) is 11.1. The summed E-state index contributed by atoms with van der Waals surface area (Å²) in [4.78, 5) is 10.3. The van der Waals surface area contributed by atoms with Gasteiger partial charge in [-0.25, -0.2) is 14.3 Å². The first-order chi connectivity index (χ1) is 23.6. The van der Waals surface area contributed by atoms with E-state index >= 15 is 0 Å². The van der Waals surface area contributed by atoms with Crippen molar-refractivity contribution in [3.8, 4) is 23.1 Å². The second-order valence-electron chi connectivity index (χ2n) is 13.4. The molecule has 4 atom stereocenters. The minimum absolute atomic E-state index is 0.0979. The number of benzene rings is 2. The van der Waals surface area contributed by atoms with Gasteiger partial charge in [0.1, 0.15) is 11.6 Å². The van der Waals surface area contributed by atoms with E-state index in [-0.39, 0.29) is 23.7 Å². The van der Waals surface area contributed by atoms with Crippen LogP contribution in [-0.2, 0) is 0 Å². The van der Waals surface area contributed by atoms with Crippen LogP contribution < -0.4 is 19.3 Å². The number of para-hydroxylation sites is 2. The molecular weight excluding hydrogens is 598 g/mol. The van der Waals surface area contributed by atoms with Crippen LogP contribution in [0.15, 0.2) is 92.0 Å². The molecule has 5 aromatic rings. The highest BCUT2D eigenvalue weighted by molar-refractivity contribution is 5.69. The lowest BCUT2D eigenvalue weighted by atomic mass is 9.73. The molecule has 9 heteroatoms. The summed E-state index contributed by atoms with van der Waals surface area (Å²) in [7, 11) is 0. The van der Waals surface area contributed by atoms with Gasteiger partial charge in [0.25, 0.3) is 0 Å². The summed E-state index contributed by atoms with van der Waals surface area (Å²) in [6, 6.07) is 23.0. The number of aryl methyl sites for hydroxylation is 2. The van der Waals surface area contributed by atoms with Gasteiger partial charge < -0.3 is 19.3 Å². The van der Waals surface area contributed by atoms with Gasteiger partial charge in [-0.2, -0.15) is 10.2 Å². The lowest BCUT2D eigenvalue weighted by Gasteiger charge is -2.46. The molecule has 9 rings (SSSR count). The third-order valence-corrected chi connectivity index (χ3v) is 10.5. The minimum Gasteiger partial charge on any atom is -0.477 e. The first kappa shape index (κ1) is 28.9. The Labute approximate surface area is 280 Å².